The van der Waals surface area contributed by atoms with Crippen molar-refractivity contribution in [2.45, 2.75) is 25.6 Å². The van der Waals surface area contributed by atoms with Crippen LogP contribution >= 0.6 is 11.3 Å². The van der Waals surface area contributed by atoms with Gasteiger partial charge in [-0.05, 0) is 32.0 Å². The number of fused-ring (bicyclic) bond motifs is 3. The number of amides is 1. The van der Waals surface area contributed by atoms with Gasteiger partial charge in [-0.1, -0.05) is 11.3 Å². The fourth-order valence-corrected chi connectivity index (χ4v) is 4.00. The summed E-state index contributed by atoms with van der Waals surface area (Å²) in [5.41, 5.74) is -2.22. The van der Waals surface area contributed by atoms with Crippen LogP contribution in [0.4, 0.5) is 32.8 Å². The number of nitrogens with zero attached hydrogens (tertiary/aromatic N) is 2. The first-order valence-corrected chi connectivity index (χ1v) is 9.66. The highest BCUT2D eigenvalue weighted by Crippen LogP contribution is 2.41. The molecule has 3 N–H and O–H groups in total. The Bertz CT molecular complexity index is 1310. The van der Waals surface area contributed by atoms with Gasteiger partial charge >= 0.3 is 6.18 Å². The second-order valence-corrected chi connectivity index (χ2v) is 8.28. The number of hydrogen-bond donors (Lipinski definition) is 3. The van der Waals surface area contributed by atoms with E-state index in [1.54, 1.807) is 0 Å². The monoisotopic (exact) mass is 455 g/mol. The number of hydrogen-bond acceptors (Lipinski definition) is 5. The summed E-state index contributed by atoms with van der Waals surface area (Å²) in [7, 11) is 0. The third-order valence-corrected chi connectivity index (χ3v) is 5.56. The summed E-state index contributed by atoms with van der Waals surface area (Å²) in [4.78, 5) is 16.7. The number of aromatic amines is 1. The molecular weight excluding hydrogens is 441 g/mol. The van der Waals surface area contributed by atoms with Crippen LogP contribution in [0.2, 0.25) is 0 Å². The number of thiazole rings is 1. The molecule has 0 aliphatic heterocycles. The molecule has 0 aliphatic rings. The van der Waals surface area contributed by atoms with Crippen LogP contribution in [0.15, 0.2) is 30.5 Å². The number of anilines is 2. The Kier molecular flexibility index (Phi) is 4.84. The van der Waals surface area contributed by atoms with E-state index in [2.05, 4.69) is 25.8 Å². The quantitative estimate of drug-likeness (QED) is 0.365. The van der Waals surface area contributed by atoms with Crippen molar-refractivity contribution in [1.82, 2.24) is 15.2 Å². The lowest BCUT2D eigenvalue weighted by molar-refractivity contribution is -0.136. The van der Waals surface area contributed by atoms with E-state index in [0.29, 0.717) is 5.39 Å². The highest BCUT2D eigenvalue weighted by atomic mass is 32.1. The first-order valence-electron chi connectivity index (χ1n) is 8.84. The van der Waals surface area contributed by atoms with Crippen LogP contribution in [0.1, 0.15) is 19.4 Å². The number of nitrogens with one attached hydrogen (secondary N) is 3. The van der Waals surface area contributed by atoms with Crippen LogP contribution in [0.5, 0.6) is 0 Å². The van der Waals surface area contributed by atoms with E-state index in [0.717, 1.165) is 29.5 Å². The normalized spacial score (nSPS) is 12.5. The van der Waals surface area contributed by atoms with Crippen molar-refractivity contribution in [3.63, 3.8) is 0 Å². The molecule has 162 valence electrons. The molecule has 1 amide bonds. The summed E-state index contributed by atoms with van der Waals surface area (Å²) in [6.45, 7) is 2.96. The molecule has 0 atom stereocenters. The zero-order valence-corrected chi connectivity index (χ0v) is 16.8. The average Bonchev–Trinajstić information content (AvgIpc) is 3.28. The van der Waals surface area contributed by atoms with E-state index in [1.807, 2.05) is 0 Å². The maximum Gasteiger partial charge on any atom is 0.418 e. The fourth-order valence-electron chi connectivity index (χ4n) is 3.00. The van der Waals surface area contributed by atoms with Gasteiger partial charge in [-0.3, -0.25) is 15.2 Å². The Hall–Kier alpha value is -3.28. The number of carbonyl (C=O) groups excluding carboxylic acids is 1. The van der Waals surface area contributed by atoms with Crippen molar-refractivity contribution in [2.75, 3.05) is 10.6 Å². The Morgan fingerprint density at radius 3 is 2.55 bits per heavy atom. The fraction of sp³-hybridized carbons (Fsp3) is 0.211. The predicted octanol–water partition coefficient (Wildman–Crippen LogP) is 5.30. The van der Waals surface area contributed by atoms with E-state index in [-0.39, 0.29) is 26.6 Å². The molecule has 2 aromatic heterocycles. The molecule has 4 aromatic rings. The molecule has 0 saturated heterocycles. The van der Waals surface area contributed by atoms with E-state index < -0.39 is 34.8 Å². The van der Waals surface area contributed by atoms with Crippen LogP contribution in [-0.2, 0) is 11.0 Å². The molecule has 2 aromatic carbocycles. The van der Waals surface area contributed by atoms with E-state index >= 15 is 0 Å². The van der Waals surface area contributed by atoms with Gasteiger partial charge in [-0.2, -0.15) is 18.3 Å². The van der Waals surface area contributed by atoms with Gasteiger partial charge in [0.25, 0.3) is 5.91 Å². The Balaban J connectivity index is 1.66. The molecule has 0 saturated carbocycles. The van der Waals surface area contributed by atoms with Crippen molar-refractivity contribution >= 4 is 49.2 Å². The maximum absolute atomic E-state index is 13.5. The SMILES string of the molecule is CC(C)(Nc1ccc(F)c(F)c1)C(=O)Nc1nc2c(C(F)(F)F)cc3[nH]ncc3c2s1. The summed E-state index contributed by atoms with van der Waals surface area (Å²) in [5, 5.41) is 11.9. The Labute approximate surface area is 175 Å². The van der Waals surface area contributed by atoms with Crippen LogP contribution in [0.25, 0.3) is 21.1 Å². The number of aromatic nitrogens is 3. The van der Waals surface area contributed by atoms with Crippen molar-refractivity contribution in [3.05, 3.63) is 47.7 Å². The van der Waals surface area contributed by atoms with Gasteiger partial charge in [0.1, 0.15) is 5.54 Å². The number of carbonyl (C=O) groups is 1. The van der Waals surface area contributed by atoms with Gasteiger partial charge in [0.15, 0.2) is 16.8 Å². The maximum atomic E-state index is 13.5. The summed E-state index contributed by atoms with van der Waals surface area (Å²) >= 11 is 0.876. The highest BCUT2D eigenvalue weighted by Gasteiger charge is 2.36. The van der Waals surface area contributed by atoms with Gasteiger partial charge < -0.3 is 5.32 Å². The predicted molar refractivity (Wildman–Crippen MR) is 107 cm³/mol. The number of benzene rings is 2. The molecule has 0 fully saturated rings. The molecule has 0 radical (unpaired) electrons. The molecule has 4 rings (SSSR count). The topological polar surface area (TPSA) is 82.7 Å². The zero-order valence-electron chi connectivity index (χ0n) is 16.0. The molecule has 6 nitrogen and oxygen atoms in total. The molecule has 2 heterocycles. The smallest absolute Gasteiger partial charge is 0.372 e. The van der Waals surface area contributed by atoms with Crippen molar-refractivity contribution in [1.29, 1.82) is 0 Å². The molecule has 0 bridgehead atoms. The number of H-pyrrole nitrogens is 1. The minimum atomic E-state index is -4.65. The standard InChI is InChI=1S/C19H14F5N5OS/c1-18(2,28-8-3-4-11(20)12(21)5-8)16(30)27-17-26-14-10(19(22,23)24)6-13-9(7-25-29-13)15(14)31-17/h3-7,28H,1-2H3,(H,25,29)(H,26,27,30). The van der Waals surface area contributed by atoms with Crippen molar-refractivity contribution in [3.8, 4) is 0 Å². The lowest BCUT2D eigenvalue weighted by Crippen LogP contribution is -2.44. The molecule has 31 heavy (non-hydrogen) atoms. The van der Waals surface area contributed by atoms with Crippen molar-refractivity contribution in [2.24, 2.45) is 0 Å². The van der Waals surface area contributed by atoms with Crippen LogP contribution in [-0.4, -0.2) is 26.6 Å². The first kappa shape index (κ1) is 21.0. The van der Waals surface area contributed by atoms with Crippen LogP contribution in [0.3, 0.4) is 0 Å². The van der Waals surface area contributed by atoms with E-state index in [9.17, 15) is 26.7 Å². The third-order valence-electron chi connectivity index (χ3n) is 4.55. The lowest BCUT2D eigenvalue weighted by atomic mass is 10.0. The number of alkyl halides is 3. The van der Waals surface area contributed by atoms with Gasteiger partial charge in [0.2, 0.25) is 0 Å². The molecule has 12 heteroatoms. The summed E-state index contributed by atoms with van der Waals surface area (Å²) < 4.78 is 67.2. The highest BCUT2D eigenvalue weighted by molar-refractivity contribution is 7.23. The van der Waals surface area contributed by atoms with E-state index in [4.69, 9.17) is 0 Å². The molecule has 0 unspecified atom stereocenters. The average molecular weight is 455 g/mol. The number of halogens is 5. The summed E-state index contributed by atoms with van der Waals surface area (Å²) in [6, 6.07) is 3.99. The van der Waals surface area contributed by atoms with E-state index in [1.165, 1.54) is 26.1 Å². The minimum absolute atomic E-state index is 0.0423. The first-order chi connectivity index (χ1) is 14.5. The zero-order chi connectivity index (χ0) is 22.6. The largest absolute Gasteiger partial charge is 0.418 e. The summed E-state index contributed by atoms with van der Waals surface area (Å²) in [6.07, 6.45) is -3.27. The number of rotatable bonds is 4. The van der Waals surface area contributed by atoms with Crippen molar-refractivity contribution < 1.29 is 26.7 Å². The van der Waals surface area contributed by atoms with Crippen LogP contribution < -0.4 is 10.6 Å². The lowest BCUT2D eigenvalue weighted by Gasteiger charge is -2.25. The Morgan fingerprint density at radius 1 is 1.13 bits per heavy atom. The minimum Gasteiger partial charge on any atom is -0.372 e. The van der Waals surface area contributed by atoms with Gasteiger partial charge in [-0.15, -0.1) is 0 Å². The summed E-state index contributed by atoms with van der Waals surface area (Å²) in [5.74, 6) is -2.75. The van der Waals surface area contributed by atoms with Gasteiger partial charge in [0, 0.05) is 17.1 Å². The molecule has 0 spiro atoms. The second kappa shape index (κ2) is 7.15. The van der Waals surface area contributed by atoms with Crippen LogP contribution in [0, 0.1) is 11.6 Å². The molecular formula is C19H14F5N5OS. The Morgan fingerprint density at radius 2 is 1.87 bits per heavy atom. The van der Waals surface area contributed by atoms with Gasteiger partial charge in [-0.25, -0.2) is 13.8 Å². The molecule has 0 aliphatic carbocycles. The second-order valence-electron chi connectivity index (χ2n) is 7.28. The van der Waals surface area contributed by atoms with Gasteiger partial charge in [0.05, 0.1) is 27.5 Å². The third kappa shape index (κ3) is 3.90.